The van der Waals surface area contributed by atoms with E-state index in [1.54, 1.807) is 10.7 Å². The van der Waals surface area contributed by atoms with Gasteiger partial charge >= 0.3 is 0 Å². The van der Waals surface area contributed by atoms with Crippen LogP contribution in [0.2, 0.25) is 0 Å². The SMILES string of the molecule is O=C(C1CCN(c2ccn3nccc3n2)CC1)N1CC2CCCCC2C1. The molecule has 6 nitrogen and oxygen atoms in total. The maximum absolute atomic E-state index is 13.0. The average molecular weight is 353 g/mol. The van der Waals surface area contributed by atoms with Gasteiger partial charge in [0.15, 0.2) is 5.65 Å². The highest BCUT2D eigenvalue weighted by molar-refractivity contribution is 5.79. The number of carbonyl (C=O) groups excluding carboxylic acids is 1. The molecule has 0 radical (unpaired) electrons. The van der Waals surface area contributed by atoms with Crippen molar-refractivity contribution >= 4 is 17.4 Å². The smallest absolute Gasteiger partial charge is 0.225 e. The summed E-state index contributed by atoms with van der Waals surface area (Å²) in [6, 6.07) is 3.94. The Hall–Kier alpha value is -2.11. The van der Waals surface area contributed by atoms with E-state index in [0.717, 1.165) is 62.3 Å². The van der Waals surface area contributed by atoms with Crippen LogP contribution < -0.4 is 4.90 Å². The minimum Gasteiger partial charge on any atom is -0.356 e. The molecule has 2 aromatic rings. The van der Waals surface area contributed by atoms with Crippen molar-refractivity contribution in [3.8, 4) is 0 Å². The van der Waals surface area contributed by atoms with Gasteiger partial charge in [-0.3, -0.25) is 4.79 Å². The zero-order valence-electron chi connectivity index (χ0n) is 15.3. The van der Waals surface area contributed by atoms with Crippen LogP contribution in [0.4, 0.5) is 5.82 Å². The normalized spacial score (nSPS) is 27.1. The van der Waals surface area contributed by atoms with Crippen LogP contribution in [0.1, 0.15) is 38.5 Å². The molecule has 6 heteroatoms. The van der Waals surface area contributed by atoms with Crippen molar-refractivity contribution in [1.82, 2.24) is 19.5 Å². The molecule has 138 valence electrons. The first-order valence-electron chi connectivity index (χ1n) is 10.1. The molecule has 1 saturated carbocycles. The molecular formula is C20H27N5O. The monoisotopic (exact) mass is 353 g/mol. The number of nitrogens with zero attached hydrogens (tertiary/aromatic N) is 5. The molecule has 2 aromatic heterocycles. The molecule has 2 aliphatic heterocycles. The van der Waals surface area contributed by atoms with E-state index in [0.29, 0.717) is 5.91 Å². The molecule has 2 unspecified atom stereocenters. The van der Waals surface area contributed by atoms with E-state index in [1.807, 2.05) is 18.3 Å². The van der Waals surface area contributed by atoms with Crippen LogP contribution in [-0.4, -0.2) is 51.6 Å². The van der Waals surface area contributed by atoms with Crippen molar-refractivity contribution in [3.05, 3.63) is 24.5 Å². The highest BCUT2D eigenvalue weighted by Gasteiger charge is 2.39. The van der Waals surface area contributed by atoms with Gasteiger partial charge in [0, 0.05) is 44.4 Å². The Morgan fingerprint density at radius 2 is 1.73 bits per heavy atom. The van der Waals surface area contributed by atoms with Crippen LogP contribution in [0.5, 0.6) is 0 Å². The molecule has 2 atom stereocenters. The van der Waals surface area contributed by atoms with E-state index in [-0.39, 0.29) is 5.92 Å². The van der Waals surface area contributed by atoms with Gasteiger partial charge in [0.1, 0.15) is 5.82 Å². The molecular weight excluding hydrogens is 326 g/mol. The lowest BCUT2D eigenvalue weighted by atomic mass is 9.82. The first kappa shape index (κ1) is 16.1. The summed E-state index contributed by atoms with van der Waals surface area (Å²) in [4.78, 5) is 22.2. The van der Waals surface area contributed by atoms with E-state index < -0.39 is 0 Å². The minimum atomic E-state index is 0.199. The molecule has 0 aromatic carbocycles. The lowest BCUT2D eigenvalue weighted by Crippen LogP contribution is -2.42. The maximum atomic E-state index is 13.0. The summed E-state index contributed by atoms with van der Waals surface area (Å²) in [6.07, 6.45) is 11.0. The lowest BCUT2D eigenvalue weighted by molar-refractivity contribution is -0.135. The van der Waals surface area contributed by atoms with Gasteiger partial charge in [-0.15, -0.1) is 0 Å². The molecule has 0 N–H and O–H groups in total. The van der Waals surface area contributed by atoms with Gasteiger partial charge in [-0.05, 0) is 43.6 Å². The largest absolute Gasteiger partial charge is 0.356 e. The predicted molar refractivity (Wildman–Crippen MR) is 100.0 cm³/mol. The molecule has 0 bridgehead atoms. The van der Waals surface area contributed by atoms with E-state index >= 15 is 0 Å². The Morgan fingerprint density at radius 1 is 1.00 bits per heavy atom. The van der Waals surface area contributed by atoms with Crippen molar-refractivity contribution in [2.45, 2.75) is 38.5 Å². The van der Waals surface area contributed by atoms with Gasteiger partial charge in [-0.25, -0.2) is 9.50 Å². The van der Waals surface area contributed by atoms with E-state index in [9.17, 15) is 4.79 Å². The number of hydrogen-bond donors (Lipinski definition) is 0. The minimum absolute atomic E-state index is 0.199. The van der Waals surface area contributed by atoms with Gasteiger partial charge in [-0.2, -0.15) is 5.10 Å². The van der Waals surface area contributed by atoms with Gasteiger partial charge in [-0.1, -0.05) is 12.8 Å². The molecule has 3 fully saturated rings. The van der Waals surface area contributed by atoms with Gasteiger partial charge in [0.05, 0.1) is 6.20 Å². The zero-order valence-corrected chi connectivity index (χ0v) is 15.3. The van der Waals surface area contributed by atoms with Crippen molar-refractivity contribution in [3.63, 3.8) is 0 Å². The van der Waals surface area contributed by atoms with Crippen molar-refractivity contribution in [1.29, 1.82) is 0 Å². The lowest BCUT2D eigenvalue weighted by Gasteiger charge is -2.34. The first-order valence-corrected chi connectivity index (χ1v) is 10.1. The number of amides is 1. The summed E-state index contributed by atoms with van der Waals surface area (Å²) in [7, 11) is 0. The Bertz CT molecular complexity index is 780. The van der Waals surface area contributed by atoms with Gasteiger partial charge in [0.25, 0.3) is 0 Å². The molecule has 3 aliphatic rings. The number of rotatable bonds is 2. The summed E-state index contributed by atoms with van der Waals surface area (Å²) in [5, 5.41) is 4.20. The van der Waals surface area contributed by atoms with Crippen LogP contribution >= 0.6 is 0 Å². The first-order chi connectivity index (χ1) is 12.8. The Kier molecular flexibility index (Phi) is 4.06. The number of likely N-dealkylation sites (tertiary alicyclic amines) is 1. The highest BCUT2D eigenvalue weighted by atomic mass is 16.2. The Morgan fingerprint density at radius 3 is 2.46 bits per heavy atom. The molecule has 1 amide bonds. The van der Waals surface area contributed by atoms with Crippen molar-refractivity contribution in [2.24, 2.45) is 17.8 Å². The van der Waals surface area contributed by atoms with Crippen LogP contribution in [-0.2, 0) is 4.79 Å². The second-order valence-corrected chi connectivity index (χ2v) is 8.23. The molecule has 2 saturated heterocycles. The molecule has 1 aliphatic carbocycles. The van der Waals surface area contributed by atoms with Gasteiger partial charge in [0.2, 0.25) is 5.91 Å². The number of piperidine rings is 1. The molecule has 4 heterocycles. The summed E-state index contributed by atoms with van der Waals surface area (Å²) in [5.41, 5.74) is 0.875. The van der Waals surface area contributed by atoms with Crippen molar-refractivity contribution in [2.75, 3.05) is 31.1 Å². The predicted octanol–water partition coefficient (Wildman–Crippen LogP) is 2.59. The third-order valence-electron chi connectivity index (χ3n) is 6.70. The fraction of sp³-hybridized carbons (Fsp3) is 0.650. The second kappa shape index (κ2) is 6.56. The fourth-order valence-electron chi connectivity index (χ4n) is 5.18. The summed E-state index contributed by atoms with van der Waals surface area (Å²) in [5.74, 6) is 3.16. The number of carbonyl (C=O) groups is 1. The van der Waals surface area contributed by atoms with Crippen LogP contribution in [0, 0.1) is 17.8 Å². The molecule has 5 rings (SSSR count). The third-order valence-corrected chi connectivity index (χ3v) is 6.70. The fourth-order valence-corrected chi connectivity index (χ4v) is 5.18. The van der Waals surface area contributed by atoms with Crippen LogP contribution in [0.25, 0.3) is 5.65 Å². The van der Waals surface area contributed by atoms with Gasteiger partial charge < -0.3 is 9.80 Å². The Labute approximate surface area is 154 Å². The number of anilines is 1. The summed E-state index contributed by atoms with van der Waals surface area (Å²) < 4.78 is 1.78. The number of hydrogen-bond acceptors (Lipinski definition) is 4. The number of fused-ring (bicyclic) bond motifs is 2. The van der Waals surface area contributed by atoms with Crippen LogP contribution in [0.3, 0.4) is 0 Å². The maximum Gasteiger partial charge on any atom is 0.225 e. The summed E-state index contributed by atoms with van der Waals surface area (Å²) in [6.45, 7) is 3.86. The third kappa shape index (κ3) is 2.85. The number of aromatic nitrogens is 3. The van der Waals surface area contributed by atoms with E-state index in [1.165, 1.54) is 25.7 Å². The van der Waals surface area contributed by atoms with E-state index in [2.05, 4.69) is 19.9 Å². The molecule has 26 heavy (non-hydrogen) atoms. The quantitative estimate of drug-likeness (QED) is 0.833. The summed E-state index contributed by atoms with van der Waals surface area (Å²) >= 11 is 0. The van der Waals surface area contributed by atoms with E-state index in [4.69, 9.17) is 0 Å². The van der Waals surface area contributed by atoms with Crippen LogP contribution in [0.15, 0.2) is 24.5 Å². The zero-order chi connectivity index (χ0) is 17.5. The second-order valence-electron chi connectivity index (χ2n) is 8.23. The topological polar surface area (TPSA) is 53.7 Å². The average Bonchev–Trinajstić information content (AvgIpc) is 3.33. The molecule has 0 spiro atoms. The standard InChI is InChI=1S/C20H27N5O/c26-20(24-13-16-3-1-2-4-17(16)14-24)15-6-10-23(11-7-15)18-8-12-25-19(22-18)5-9-21-25/h5,8-9,12,15-17H,1-4,6-7,10-11,13-14H2. The highest BCUT2D eigenvalue weighted by Crippen LogP contribution is 2.37. The van der Waals surface area contributed by atoms with Crippen molar-refractivity contribution < 1.29 is 4.79 Å². The Balaban J connectivity index is 1.20.